The first kappa shape index (κ1) is 18.0. The number of primary amides is 1. The zero-order chi connectivity index (χ0) is 16.5. The first-order valence-electron chi connectivity index (χ1n) is 7.19. The lowest BCUT2D eigenvalue weighted by molar-refractivity contribution is -0.769. The van der Waals surface area contributed by atoms with Gasteiger partial charge < -0.3 is 25.9 Å². The van der Waals surface area contributed by atoms with Crippen LogP contribution in [0.2, 0.25) is 0 Å². The Bertz CT molecular complexity index is 391. The Morgan fingerprint density at radius 2 is 1.77 bits per heavy atom. The minimum absolute atomic E-state index is 0.309. The molecule has 0 spiro atoms. The Morgan fingerprint density at radius 3 is 2.14 bits per heavy atom. The lowest BCUT2D eigenvalue weighted by atomic mass is 9.88. The van der Waals surface area contributed by atoms with Gasteiger partial charge in [0.2, 0.25) is 0 Å². The molecule has 0 aromatic carbocycles. The van der Waals surface area contributed by atoms with Crippen molar-refractivity contribution in [1.82, 2.24) is 10.2 Å². The molecule has 0 aromatic rings. The molecule has 126 valence electrons. The Kier molecular flexibility index (Phi) is 7.37. The third-order valence-electron chi connectivity index (χ3n) is 3.69. The number of piperazine rings is 1. The van der Waals surface area contributed by atoms with Crippen molar-refractivity contribution in [2.24, 2.45) is 11.7 Å². The zero-order valence-electron chi connectivity index (χ0n) is 12.3. The summed E-state index contributed by atoms with van der Waals surface area (Å²) >= 11 is 0. The maximum Gasteiger partial charge on any atom is 0.314 e. The number of carbonyl (C=O) groups excluding carboxylic acids is 1. The van der Waals surface area contributed by atoms with E-state index >= 15 is 0 Å². The van der Waals surface area contributed by atoms with Crippen LogP contribution in [0.25, 0.3) is 0 Å². The first-order chi connectivity index (χ1) is 10.4. The zero-order valence-corrected chi connectivity index (χ0v) is 12.3. The van der Waals surface area contributed by atoms with Crippen LogP contribution in [0.4, 0.5) is 4.79 Å². The molecule has 10 heteroatoms. The van der Waals surface area contributed by atoms with Crippen molar-refractivity contribution in [2.45, 2.75) is 31.8 Å². The Labute approximate surface area is 127 Å². The highest BCUT2D eigenvalue weighted by Crippen LogP contribution is 2.26. The van der Waals surface area contributed by atoms with Gasteiger partial charge in [0.1, 0.15) is 6.10 Å². The molecule has 1 aliphatic carbocycles. The van der Waals surface area contributed by atoms with Gasteiger partial charge in [-0.15, -0.1) is 10.1 Å². The van der Waals surface area contributed by atoms with Crippen molar-refractivity contribution in [2.75, 3.05) is 26.2 Å². The SMILES string of the molecule is NC(=O)N1CCNCC1.O=C(O)C1CCC(O[N+](=O)[O-])CC1. The molecular formula is C12H22N4O6. The van der Waals surface area contributed by atoms with Crippen molar-refractivity contribution in [3.8, 4) is 0 Å². The molecule has 2 aliphatic rings. The summed E-state index contributed by atoms with van der Waals surface area (Å²) < 4.78 is 0. The fourth-order valence-corrected chi connectivity index (χ4v) is 2.42. The molecule has 4 N–H and O–H groups in total. The Balaban J connectivity index is 0.000000235. The smallest absolute Gasteiger partial charge is 0.314 e. The van der Waals surface area contributed by atoms with E-state index in [2.05, 4.69) is 10.2 Å². The van der Waals surface area contributed by atoms with Crippen LogP contribution in [-0.2, 0) is 9.63 Å². The molecule has 10 nitrogen and oxygen atoms in total. The average molecular weight is 318 g/mol. The van der Waals surface area contributed by atoms with E-state index in [1.165, 1.54) is 0 Å². The average Bonchev–Trinajstić information content (AvgIpc) is 2.48. The van der Waals surface area contributed by atoms with Crippen molar-refractivity contribution < 1.29 is 24.6 Å². The van der Waals surface area contributed by atoms with Gasteiger partial charge in [0.05, 0.1) is 5.92 Å². The van der Waals surface area contributed by atoms with E-state index in [4.69, 9.17) is 10.8 Å². The molecule has 1 aliphatic heterocycles. The summed E-state index contributed by atoms with van der Waals surface area (Å²) in [5, 5.41) is 20.9. The van der Waals surface area contributed by atoms with Crippen molar-refractivity contribution in [1.29, 1.82) is 0 Å². The van der Waals surface area contributed by atoms with E-state index in [1.807, 2.05) is 0 Å². The quantitative estimate of drug-likeness (QED) is 0.482. The van der Waals surface area contributed by atoms with Gasteiger partial charge in [-0.1, -0.05) is 0 Å². The van der Waals surface area contributed by atoms with Gasteiger partial charge in [-0.2, -0.15) is 0 Å². The highest BCUT2D eigenvalue weighted by Gasteiger charge is 2.27. The topological polar surface area (TPSA) is 148 Å². The monoisotopic (exact) mass is 318 g/mol. The molecule has 0 bridgehead atoms. The van der Waals surface area contributed by atoms with E-state index in [-0.39, 0.29) is 11.9 Å². The molecule has 22 heavy (non-hydrogen) atoms. The minimum Gasteiger partial charge on any atom is -0.481 e. The number of carbonyl (C=O) groups is 2. The second-order valence-corrected chi connectivity index (χ2v) is 5.22. The molecule has 1 heterocycles. The molecule has 0 atom stereocenters. The van der Waals surface area contributed by atoms with E-state index < -0.39 is 17.2 Å². The number of carboxylic acid groups (broad SMARTS) is 1. The number of aliphatic carboxylic acids is 1. The van der Waals surface area contributed by atoms with Gasteiger partial charge in [0.25, 0.3) is 5.09 Å². The third kappa shape index (κ3) is 6.57. The van der Waals surface area contributed by atoms with Crippen LogP contribution >= 0.6 is 0 Å². The highest BCUT2D eigenvalue weighted by molar-refractivity contribution is 5.72. The van der Waals surface area contributed by atoms with Gasteiger partial charge in [-0.3, -0.25) is 4.79 Å². The molecule has 0 aromatic heterocycles. The molecule has 1 saturated carbocycles. The van der Waals surface area contributed by atoms with Crippen LogP contribution in [0.3, 0.4) is 0 Å². The molecule has 1 saturated heterocycles. The lowest BCUT2D eigenvalue weighted by Crippen LogP contribution is -2.48. The Hall–Kier alpha value is -2.10. The number of nitrogens with zero attached hydrogens (tertiary/aromatic N) is 2. The third-order valence-corrected chi connectivity index (χ3v) is 3.69. The molecular weight excluding hydrogens is 296 g/mol. The molecule has 2 rings (SSSR count). The maximum atomic E-state index is 10.5. The van der Waals surface area contributed by atoms with Crippen molar-refractivity contribution >= 4 is 12.0 Å². The van der Waals surface area contributed by atoms with Gasteiger partial charge in [0, 0.05) is 26.2 Å². The van der Waals surface area contributed by atoms with Gasteiger partial charge >= 0.3 is 12.0 Å². The largest absolute Gasteiger partial charge is 0.481 e. The number of hydrogen-bond acceptors (Lipinski definition) is 6. The predicted molar refractivity (Wildman–Crippen MR) is 75.5 cm³/mol. The van der Waals surface area contributed by atoms with E-state index in [0.29, 0.717) is 25.7 Å². The number of amides is 2. The van der Waals surface area contributed by atoms with Crippen molar-refractivity contribution in [3.05, 3.63) is 10.1 Å². The predicted octanol–water partition coefficient (Wildman–Crippen LogP) is -0.192. The van der Waals surface area contributed by atoms with Gasteiger partial charge in [0.15, 0.2) is 0 Å². The van der Waals surface area contributed by atoms with Crippen LogP contribution in [-0.4, -0.2) is 59.4 Å². The number of carboxylic acids is 1. The molecule has 0 unspecified atom stereocenters. The van der Waals surface area contributed by atoms with Gasteiger partial charge in [-0.25, -0.2) is 4.79 Å². The number of urea groups is 1. The van der Waals surface area contributed by atoms with Crippen LogP contribution < -0.4 is 11.1 Å². The number of hydrogen-bond donors (Lipinski definition) is 3. The summed E-state index contributed by atoms with van der Waals surface area (Å²) in [6, 6.07) is -0.309. The maximum absolute atomic E-state index is 10.5. The second-order valence-electron chi connectivity index (χ2n) is 5.22. The normalized spacial score (nSPS) is 24.6. The number of rotatable bonds is 3. The number of nitrogens with two attached hydrogens (primary N) is 1. The van der Waals surface area contributed by atoms with E-state index in [9.17, 15) is 19.7 Å². The minimum atomic E-state index is -0.820. The van der Waals surface area contributed by atoms with Crippen LogP contribution in [0, 0.1) is 16.0 Å². The van der Waals surface area contributed by atoms with E-state index in [0.717, 1.165) is 26.2 Å². The summed E-state index contributed by atoms with van der Waals surface area (Å²) in [7, 11) is 0. The van der Waals surface area contributed by atoms with Crippen LogP contribution in [0.5, 0.6) is 0 Å². The van der Waals surface area contributed by atoms with Crippen molar-refractivity contribution in [3.63, 3.8) is 0 Å². The summed E-state index contributed by atoms with van der Waals surface area (Å²) in [5.74, 6) is -1.17. The summed E-state index contributed by atoms with van der Waals surface area (Å²) in [6.07, 6.45) is 1.43. The second kappa shape index (κ2) is 9.03. The van der Waals surface area contributed by atoms with Crippen LogP contribution in [0.1, 0.15) is 25.7 Å². The molecule has 2 fully saturated rings. The lowest BCUT2D eigenvalue weighted by Gasteiger charge is -2.25. The van der Waals surface area contributed by atoms with Crippen LogP contribution in [0.15, 0.2) is 0 Å². The fraction of sp³-hybridized carbons (Fsp3) is 0.833. The summed E-state index contributed by atoms with van der Waals surface area (Å²) in [5.41, 5.74) is 5.03. The first-order valence-corrected chi connectivity index (χ1v) is 7.19. The summed E-state index contributed by atoms with van der Waals surface area (Å²) in [4.78, 5) is 36.9. The summed E-state index contributed by atoms with van der Waals surface area (Å²) in [6.45, 7) is 3.22. The van der Waals surface area contributed by atoms with E-state index in [1.54, 1.807) is 4.90 Å². The Morgan fingerprint density at radius 1 is 1.23 bits per heavy atom. The fourth-order valence-electron chi connectivity index (χ4n) is 2.42. The standard InChI is InChI=1S/C7H11NO5.C5H11N3O/c9-7(10)5-1-3-6(4-2-5)13-8(11)12;6-5(9)8-3-1-7-2-4-8/h5-6H,1-4H2,(H,9,10);7H,1-4H2,(H2,6,9). The molecule has 2 amide bonds. The molecule has 0 radical (unpaired) electrons. The highest BCUT2D eigenvalue weighted by atomic mass is 17.0. The van der Waals surface area contributed by atoms with Gasteiger partial charge in [-0.05, 0) is 25.7 Å². The number of nitrogens with one attached hydrogen (secondary N) is 1.